The number of amides is 2. The summed E-state index contributed by atoms with van der Waals surface area (Å²) in [6, 6.07) is -0.211. The molecule has 0 aromatic carbocycles. The first-order valence-corrected chi connectivity index (χ1v) is 7.45. The molecule has 2 aliphatic heterocycles. The van der Waals surface area contributed by atoms with E-state index < -0.39 is 6.09 Å². The van der Waals surface area contributed by atoms with Gasteiger partial charge in [-0.2, -0.15) is 9.28 Å². The number of likely N-dealkylation sites (tertiary alicyclic amines) is 1. The molecule has 2 saturated heterocycles. The molecule has 2 aliphatic rings. The topological polar surface area (TPSA) is 55.4 Å². The number of thioether (sulfide) groups is 1. The third kappa shape index (κ3) is 2.06. The smallest absolute Gasteiger partial charge is 0.423 e. The van der Waals surface area contributed by atoms with E-state index in [0.717, 1.165) is 18.6 Å². The Morgan fingerprint density at radius 1 is 1.39 bits per heavy atom. The number of carbonyl (C=O) groups is 2. The van der Waals surface area contributed by atoms with Gasteiger partial charge in [0.2, 0.25) is 0 Å². The number of ether oxygens (including phenoxy) is 1. The molecule has 2 amide bonds. The maximum atomic E-state index is 12.7. The summed E-state index contributed by atoms with van der Waals surface area (Å²) in [6.07, 6.45) is 1.39. The van der Waals surface area contributed by atoms with Crippen molar-refractivity contribution in [2.75, 3.05) is 19.4 Å². The predicted octanol–water partition coefficient (Wildman–Crippen LogP) is 1.33. The number of carbonyl (C=O) groups excluding carboxylic acids is 2. The van der Waals surface area contributed by atoms with Crippen molar-refractivity contribution < 1.29 is 18.8 Å². The predicted molar refractivity (Wildman–Crippen MR) is 70.1 cm³/mol. The molecule has 102 valence electrons. The maximum Gasteiger partial charge on any atom is 0.523 e. The Bertz CT molecular complexity index is 363. The monoisotopic (exact) mass is 273 g/mol. The molecule has 0 aliphatic carbocycles. The van der Waals surface area contributed by atoms with Crippen molar-refractivity contribution in [2.24, 2.45) is 0 Å². The highest BCUT2D eigenvalue weighted by Crippen LogP contribution is 2.32. The summed E-state index contributed by atoms with van der Waals surface area (Å²) in [4.78, 5) is 24.8. The van der Waals surface area contributed by atoms with Crippen LogP contribution in [0.5, 0.6) is 0 Å². The summed E-state index contributed by atoms with van der Waals surface area (Å²) in [7, 11) is 1.36. The van der Waals surface area contributed by atoms with E-state index in [0.29, 0.717) is 6.54 Å². The molecule has 1 N–H and O–H groups in total. The van der Waals surface area contributed by atoms with E-state index in [4.69, 9.17) is 4.74 Å². The quantitative estimate of drug-likeness (QED) is 0.730. The summed E-state index contributed by atoms with van der Waals surface area (Å²) < 4.78 is 4.76. The largest absolute Gasteiger partial charge is 0.523 e. The minimum absolute atomic E-state index is 0.0210. The standard InChI is InChI=1S/C12H21N2O3S/c1-8-5-4-6-14(8,12(16)17-3)11(15)10-7-18-9(2)13-10/h8-10,13H,4-7H2,1-3H3/q+1/t8-,9?,10?,14?/m1/s1. The van der Waals surface area contributed by atoms with Crippen LogP contribution in [0.3, 0.4) is 0 Å². The van der Waals surface area contributed by atoms with Crippen molar-refractivity contribution in [2.45, 2.75) is 44.1 Å². The van der Waals surface area contributed by atoms with Gasteiger partial charge in [0.05, 0.1) is 19.0 Å². The summed E-state index contributed by atoms with van der Waals surface area (Å²) in [5.74, 6) is 0.715. The van der Waals surface area contributed by atoms with E-state index in [2.05, 4.69) is 5.32 Å². The van der Waals surface area contributed by atoms with Gasteiger partial charge in [0.25, 0.3) is 0 Å². The number of nitrogens with one attached hydrogen (secondary N) is 1. The van der Waals surface area contributed by atoms with Gasteiger partial charge in [0.15, 0.2) is 0 Å². The van der Waals surface area contributed by atoms with Crippen LogP contribution in [-0.2, 0) is 9.53 Å². The number of methoxy groups -OCH3 is 1. The van der Waals surface area contributed by atoms with Crippen molar-refractivity contribution in [1.82, 2.24) is 5.32 Å². The molecule has 0 spiro atoms. The lowest BCUT2D eigenvalue weighted by Gasteiger charge is -2.32. The zero-order valence-corrected chi connectivity index (χ0v) is 12.0. The number of hydrogen-bond acceptors (Lipinski definition) is 5. The fourth-order valence-corrected chi connectivity index (χ4v) is 3.95. The van der Waals surface area contributed by atoms with Gasteiger partial charge in [-0.15, -0.1) is 11.8 Å². The van der Waals surface area contributed by atoms with Crippen LogP contribution >= 0.6 is 11.8 Å². The average Bonchev–Trinajstić information content (AvgIpc) is 2.94. The molecule has 0 saturated carbocycles. The Morgan fingerprint density at radius 3 is 2.56 bits per heavy atom. The van der Waals surface area contributed by atoms with Crippen LogP contribution in [0.15, 0.2) is 0 Å². The number of nitrogens with zero attached hydrogens (tertiary/aromatic N) is 1. The maximum absolute atomic E-state index is 12.7. The second-order valence-electron chi connectivity index (χ2n) is 5.09. The summed E-state index contributed by atoms with van der Waals surface area (Å²) in [5.41, 5.74) is 0. The van der Waals surface area contributed by atoms with Crippen LogP contribution < -0.4 is 5.32 Å². The summed E-state index contributed by atoms with van der Waals surface area (Å²) in [6.45, 7) is 4.57. The van der Waals surface area contributed by atoms with E-state index in [1.165, 1.54) is 7.11 Å². The lowest BCUT2D eigenvalue weighted by atomic mass is 10.2. The van der Waals surface area contributed by atoms with Crippen LogP contribution in [0.4, 0.5) is 4.79 Å². The fourth-order valence-electron chi connectivity index (χ4n) is 2.97. The van der Waals surface area contributed by atoms with E-state index in [9.17, 15) is 9.59 Å². The third-order valence-electron chi connectivity index (χ3n) is 4.03. The Balaban J connectivity index is 2.24. The second-order valence-corrected chi connectivity index (χ2v) is 6.46. The zero-order valence-electron chi connectivity index (χ0n) is 11.1. The molecule has 5 nitrogen and oxygen atoms in total. The third-order valence-corrected chi connectivity index (χ3v) is 5.19. The second kappa shape index (κ2) is 5.19. The lowest BCUT2D eigenvalue weighted by molar-refractivity contribution is -0.793. The van der Waals surface area contributed by atoms with Gasteiger partial charge in [-0.3, -0.25) is 5.32 Å². The van der Waals surface area contributed by atoms with Crippen LogP contribution in [-0.4, -0.2) is 53.3 Å². The Kier molecular flexibility index (Phi) is 3.99. The van der Waals surface area contributed by atoms with E-state index in [-0.39, 0.29) is 27.8 Å². The molecule has 0 aromatic rings. The van der Waals surface area contributed by atoms with Crippen molar-refractivity contribution in [3.05, 3.63) is 0 Å². The van der Waals surface area contributed by atoms with Crippen molar-refractivity contribution in [1.29, 1.82) is 0 Å². The molecular weight excluding hydrogens is 252 g/mol. The fraction of sp³-hybridized carbons (Fsp3) is 0.833. The van der Waals surface area contributed by atoms with Crippen LogP contribution in [0.1, 0.15) is 26.7 Å². The Morgan fingerprint density at radius 2 is 2.11 bits per heavy atom. The molecule has 3 unspecified atom stereocenters. The molecule has 6 heteroatoms. The molecule has 4 atom stereocenters. The highest BCUT2D eigenvalue weighted by molar-refractivity contribution is 8.00. The Hall–Kier alpha value is -0.590. The van der Waals surface area contributed by atoms with Gasteiger partial charge >= 0.3 is 12.0 Å². The average molecular weight is 273 g/mol. The van der Waals surface area contributed by atoms with Gasteiger partial charge in [-0.25, -0.2) is 4.79 Å². The van der Waals surface area contributed by atoms with Gasteiger partial charge in [0, 0.05) is 18.6 Å². The first-order chi connectivity index (χ1) is 8.52. The molecular formula is C12H21N2O3S+. The van der Waals surface area contributed by atoms with Crippen LogP contribution in [0.25, 0.3) is 0 Å². The number of imide groups is 1. The SMILES string of the molecule is COC(=O)[N+]1(C(=O)C2CSC(C)N2)CCC[C@H]1C. The number of quaternary nitrogens is 1. The molecule has 2 rings (SSSR count). The van der Waals surface area contributed by atoms with E-state index in [1.54, 1.807) is 11.8 Å². The summed E-state index contributed by atoms with van der Waals surface area (Å²) in [5, 5.41) is 3.52. The van der Waals surface area contributed by atoms with Gasteiger partial charge < -0.3 is 4.74 Å². The van der Waals surface area contributed by atoms with Gasteiger partial charge in [0.1, 0.15) is 12.1 Å². The molecule has 0 bridgehead atoms. The molecule has 0 radical (unpaired) electrons. The van der Waals surface area contributed by atoms with Gasteiger partial charge in [-0.1, -0.05) is 0 Å². The highest BCUT2D eigenvalue weighted by atomic mass is 32.2. The Labute approximate surface area is 112 Å². The highest BCUT2D eigenvalue weighted by Gasteiger charge is 2.56. The normalized spacial score (nSPS) is 39.8. The van der Waals surface area contributed by atoms with Crippen LogP contribution in [0.2, 0.25) is 0 Å². The molecule has 0 aromatic heterocycles. The summed E-state index contributed by atoms with van der Waals surface area (Å²) >= 11 is 1.72. The molecule has 18 heavy (non-hydrogen) atoms. The lowest BCUT2D eigenvalue weighted by Crippen LogP contribution is -2.64. The first-order valence-electron chi connectivity index (χ1n) is 6.40. The van der Waals surface area contributed by atoms with Crippen molar-refractivity contribution in [3.8, 4) is 0 Å². The zero-order chi connectivity index (χ0) is 13.3. The van der Waals surface area contributed by atoms with E-state index in [1.807, 2.05) is 13.8 Å². The van der Waals surface area contributed by atoms with Crippen LogP contribution in [0, 0.1) is 0 Å². The van der Waals surface area contributed by atoms with Crippen molar-refractivity contribution in [3.63, 3.8) is 0 Å². The molecule has 2 heterocycles. The number of hydrogen-bond donors (Lipinski definition) is 1. The van der Waals surface area contributed by atoms with E-state index >= 15 is 0 Å². The minimum Gasteiger partial charge on any atom is -0.423 e. The minimum atomic E-state index is -0.406. The molecule has 2 fully saturated rings. The first kappa shape index (κ1) is 13.8. The van der Waals surface area contributed by atoms with Crippen molar-refractivity contribution >= 4 is 23.8 Å². The number of rotatable bonds is 1. The van der Waals surface area contributed by atoms with Gasteiger partial charge in [-0.05, 0) is 13.8 Å².